The number of allylic oxidation sites excluding steroid dienone is 3. The predicted octanol–water partition coefficient (Wildman–Crippen LogP) is 0.376. The third-order valence-corrected chi connectivity index (χ3v) is 4.85. The lowest BCUT2D eigenvalue weighted by atomic mass is 9.91. The summed E-state index contributed by atoms with van der Waals surface area (Å²) in [6.45, 7) is 2.90. The minimum absolute atomic E-state index is 0.114. The normalized spacial score (nSPS) is 32.1. The van der Waals surface area contributed by atoms with Gasteiger partial charge in [0.2, 0.25) is 10.0 Å². The van der Waals surface area contributed by atoms with Gasteiger partial charge in [0.05, 0.1) is 0 Å². The second-order valence-electron chi connectivity index (χ2n) is 3.52. The number of rotatable bonds is 3. The van der Waals surface area contributed by atoms with E-state index in [4.69, 9.17) is 5.11 Å². The average molecular weight is 217 g/mol. The zero-order chi connectivity index (χ0) is 10.8. The Hall–Kier alpha value is -0.650. The van der Waals surface area contributed by atoms with E-state index in [1.54, 1.807) is 19.1 Å². The van der Waals surface area contributed by atoms with Crippen molar-refractivity contribution in [2.24, 2.45) is 5.92 Å². The minimum atomic E-state index is -3.52. The highest BCUT2D eigenvalue weighted by molar-refractivity contribution is 7.91. The Balaban J connectivity index is 3.06. The fraction of sp³-hybridized carbons (Fsp3) is 0.556. The first kappa shape index (κ1) is 11.4. The van der Waals surface area contributed by atoms with Gasteiger partial charge in [-0.2, -0.15) is 4.72 Å². The molecule has 0 aromatic heterocycles. The smallest absolute Gasteiger partial charge is 0.223 e. The van der Waals surface area contributed by atoms with Crippen molar-refractivity contribution in [3.63, 3.8) is 0 Å². The molecule has 0 aromatic carbocycles. The van der Waals surface area contributed by atoms with Gasteiger partial charge in [-0.1, -0.05) is 31.2 Å². The molecule has 0 saturated carbocycles. The first-order valence-corrected chi connectivity index (χ1v) is 5.88. The van der Waals surface area contributed by atoms with E-state index >= 15 is 0 Å². The van der Waals surface area contributed by atoms with E-state index in [1.807, 2.05) is 19.1 Å². The highest BCUT2D eigenvalue weighted by Crippen LogP contribution is 2.31. The van der Waals surface area contributed by atoms with E-state index in [9.17, 15) is 8.42 Å². The van der Waals surface area contributed by atoms with Crippen molar-refractivity contribution in [2.45, 2.75) is 18.6 Å². The molecule has 1 rings (SSSR count). The molecule has 0 fully saturated rings. The Morgan fingerprint density at radius 2 is 2.14 bits per heavy atom. The molecule has 1 aliphatic rings. The van der Waals surface area contributed by atoms with Gasteiger partial charge in [-0.15, -0.1) is 0 Å². The van der Waals surface area contributed by atoms with Crippen LogP contribution >= 0.6 is 0 Å². The van der Waals surface area contributed by atoms with Crippen molar-refractivity contribution < 1.29 is 13.5 Å². The molecular weight excluding hydrogens is 202 g/mol. The Morgan fingerprint density at radius 3 is 2.64 bits per heavy atom. The summed E-state index contributed by atoms with van der Waals surface area (Å²) < 4.78 is 24.6. The van der Waals surface area contributed by atoms with Gasteiger partial charge in [0.1, 0.15) is 11.5 Å². The van der Waals surface area contributed by atoms with Crippen molar-refractivity contribution in [1.82, 2.24) is 4.72 Å². The summed E-state index contributed by atoms with van der Waals surface area (Å²) in [6, 6.07) is 0. The van der Waals surface area contributed by atoms with E-state index in [1.165, 1.54) is 0 Å². The van der Waals surface area contributed by atoms with Crippen molar-refractivity contribution in [2.75, 3.05) is 6.73 Å². The van der Waals surface area contributed by atoms with E-state index in [2.05, 4.69) is 4.72 Å². The van der Waals surface area contributed by atoms with Crippen LogP contribution in [0.5, 0.6) is 0 Å². The van der Waals surface area contributed by atoms with Crippen molar-refractivity contribution >= 4 is 10.0 Å². The standard InChI is InChI=1S/C9H15NO3S/c1-8-5-3-4-6-9(8,2)14(12,13)10-7-11/h3-6,8,10-11H,7H2,1-2H3. The molecule has 14 heavy (non-hydrogen) atoms. The van der Waals surface area contributed by atoms with Crippen molar-refractivity contribution in [3.05, 3.63) is 24.3 Å². The van der Waals surface area contributed by atoms with Gasteiger partial charge in [-0.3, -0.25) is 0 Å². The molecule has 1 aliphatic carbocycles. The van der Waals surface area contributed by atoms with Crippen LogP contribution in [0.4, 0.5) is 0 Å². The lowest BCUT2D eigenvalue weighted by molar-refractivity contribution is 0.286. The lowest BCUT2D eigenvalue weighted by Gasteiger charge is -2.32. The highest BCUT2D eigenvalue weighted by atomic mass is 32.2. The number of hydrogen-bond donors (Lipinski definition) is 2. The van der Waals surface area contributed by atoms with Gasteiger partial charge in [0.15, 0.2) is 0 Å². The lowest BCUT2D eigenvalue weighted by Crippen LogP contribution is -2.47. The summed E-state index contributed by atoms with van der Waals surface area (Å²) in [7, 11) is -3.52. The van der Waals surface area contributed by atoms with E-state index in [0.29, 0.717) is 0 Å². The fourth-order valence-electron chi connectivity index (χ4n) is 1.40. The molecule has 5 heteroatoms. The summed E-state index contributed by atoms with van der Waals surface area (Å²) >= 11 is 0. The maximum atomic E-state index is 11.8. The van der Waals surface area contributed by atoms with E-state index in [-0.39, 0.29) is 5.92 Å². The first-order chi connectivity index (χ1) is 6.44. The molecule has 0 aromatic rings. The van der Waals surface area contributed by atoms with Gasteiger partial charge in [-0.25, -0.2) is 8.42 Å². The van der Waals surface area contributed by atoms with Gasteiger partial charge < -0.3 is 5.11 Å². The largest absolute Gasteiger partial charge is 0.380 e. The molecule has 2 N–H and O–H groups in total. The SMILES string of the molecule is CC1C=CC=CC1(C)S(=O)(=O)NCO. The van der Waals surface area contributed by atoms with Crippen LogP contribution < -0.4 is 4.72 Å². The van der Waals surface area contributed by atoms with Crippen LogP contribution in [0.2, 0.25) is 0 Å². The monoisotopic (exact) mass is 217 g/mol. The molecule has 0 heterocycles. The molecule has 0 amide bonds. The molecule has 2 atom stereocenters. The summed E-state index contributed by atoms with van der Waals surface area (Å²) in [5, 5.41) is 8.60. The third kappa shape index (κ3) is 1.75. The second-order valence-corrected chi connectivity index (χ2v) is 5.70. The number of hydrogen-bond acceptors (Lipinski definition) is 3. The van der Waals surface area contributed by atoms with Crippen molar-refractivity contribution in [3.8, 4) is 0 Å². The molecular formula is C9H15NO3S. The molecule has 4 nitrogen and oxygen atoms in total. The number of nitrogens with one attached hydrogen (secondary N) is 1. The predicted molar refractivity (Wildman–Crippen MR) is 55.0 cm³/mol. The number of aliphatic hydroxyl groups is 1. The highest BCUT2D eigenvalue weighted by Gasteiger charge is 2.41. The summed E-state index contributed by atoms with van der Waals surface area (Å²) in [6.07, 6.45) is 6.99. The maximum Gasteiger partial charge on any atom is 0.223 e. The van der Waals surface area contributed by atoms with Gasteiger partial charge in [0, 0.05) is 0 Å². The van der Waals surface area contributed by atoms with E-state index in [0.717, 1.165) is 0 Å². The first-order valence-electron chi connectivity index (χ1n) is 4.40. The maximum absolute atomic E-state index is 11.8. The van der Waals surface area contributed by atoms with Crippen LogP contribution in [-0.4, -0.2) is 25.0 Å². The zero-order valence-corrected chi connectivity index (χ0v) is 9.08. The quantitative estimate of drug-likeness (QED) is 0.671. The third-order valence-electron chi connectivity index (χ3n) is 2.68. The summed E-state index contributed by atoms with van der Waals surface area (Å²) in [5.74, 6) is -0.114. The molecule has 80 valence electrons. The van der Waals surface area contributed by atoms with Gasteiger partial charge >= 0.3 is 0 Å². The van der Waals surface area contributed by atoms with Crippen LogP contribution in [-0.2, 0) is 10.0 Å². The Kier molecular flexibility index (Phi) is 3.14. The summed E-state index contributed by atoms with van der Waals surface area (Å²) in [4.78, 5) is 0. The minimum Gasteiger partial charge on any atom is -0.380 e. The second kappa shape index (κ2) is 3.84. The Labute approximate surface area is 84.4 Å². The Morgan fingerprint density at radius 1 is 1.50 bits per heavy atom. The number of sulfonamides is 1. The van der Waals surface area contributed by atoms with Gasteiger partial charge in [0.25, 0.3) is 0 Å². The van der Waals surface area contributed by atoms with Crippen LogP contribution in [0.1, 0.15) is 13.8 Å². The average Bonchev–Trinajstić information content (AvgIpc) is 2.10. The fourth-order valence-corrected chi connectivity index (χ4v) is 2.70. The van der Waals surface area contributed by atoms with Crippen LogP contribution in [0.15, 0.2) is 24.3 Å². The van der Waals surface area contributed by atoms with Crippen molar-refractivity contribution in [1.29, 1.82) is 0 Å². The Bertz CT molecular complexity index is 358. The van der Waals surface area contributed by atoms with Crippen LogP contribution in [0.25, 0.3) is 0 Å². The topological polar surface area (TPSA) is 66.4 Å². The van der Waals surface area contributed by atoms with Crippen LogP contribution in [0, 0.1) is 5.92 Å². The number of aliphatic hydroxyl groups excluding tert-OH is 1. The molecule has 0 aliphatic heterocycles. The van der Waals surface area contributed by atoms with Gasteiger partial charge in [-0.05, 0) is 12.8 Å². The molecule has 0 radical (unpaired) electrons. The zero-order valence-electron chi connectivity index (χ0n) is 8.27. The van der Waals surface area contributed by atoms with Crippen LogP contribution in [0.3, 0.4) is 0 Å². The molecule has 0 saturated heterocycles. The molecule has 2 unspecified atom stereocenters. The summed E-state index contributed by atoms with van der Waals surface area (Å²) in [5.41, 5.74) is 0. The van der Waals surface area contributed by atoms with E-state index < -0.39 is 21.5 Å². The molecule has 0 bridgehead atoms. The molecule has 0 spiro atoms.